The SMILES string of the molecule is COCCNC(=O)c1nc(Cl)ccc1Cl. The molecule has 82 valence electrons. The van der Waals surface area contributed by atoms with Gasteiger partial charge < -0.3 is 10.1 Å². The van der Waals surface area contributed by atoms with Gasteiger partial charge in [0.1, 0.15) is 10.8 Å². The van der Waals surface area contributed by atoms with E-state index in [1.54, 1.807) is 7.11 Å². The Labute approximate surface area is 97.5 Å². The highest BCUT2D eigenvalue weighted by Crippen LogP contribution is 2.16. The van der Waals surface area contributed by atoms with E-state index in [1.165, 1.54) is 12.1 Å². The molecule has 1 heterocycles. The number of aromatic nitrogens is 1. The van der Waals surface area contributed by atoms with Gasteiger partial charge in [0.25, 0.3) is 5.91 Å². The van der Waals surface area contributed by atoms with Gasteiger partial charge >= 0.3 is 0 Å². The van der Waals surface area contributed by atoms with Crippen LogP contribution < -0.4 is 5.32 Å². The number of ether oxygens (including phenoxy) is 1. The number of nitrogens with one attached hydrogen (secondary N) is 1. The molecule has 0 bridgehead atoms. The van der Waals surface area contributed by atoms with Crippen molar-refractivity contribution < 1.29 is 9.53 Å². The van der Waals surface area contributed by atoms with Crippen molar-refractivity contribution in [3.63, 3.8) is 0 Å². The first-order valence-electron chi connectivity index (χ1n) is 4.24. The van der Waals surface area contributed by atoms with Crippen LogP contribution in [0.1, 0.15) is 10.5 Å². The zero-order chi connectivity index (χ0) is 11.3. The maximum absolute atomic E-state index is 11.5. The normalized spacial score (nSPS) is 10.1. The number of hydrogen-bond donors (Lipinski definition) is 1. The lowest BCUT2D eigenvalue weighted by atomic mass is 10.3. The number of methoxy groups -OCH3 is 1. The van der Waals surface area contributed by atoms with Gasteiger partial charge in [-0.05, 0) is 12.1 Å². The Hall–Kier alpha value is -0.840. The van der Waals surface area contributed by atoms with E-state index >= 15 is 0 Å². The Balaban J connectivity index is 2.68. The number of rotatable bonds is 4. The van der Waals surface area contributed by atoms with Gasteiger partial charge in [-0.3, -0.25) is 4.79 Å². The van der Waals surface area contributed by atoms with Crippen molar-refractivity contribution in [2.45, 2.75) is 0 Å². The lowest BCUT2D eigenvalue weighted by molar-refractivity contribution is 0.0932. The maximum Gasteiger partial charge on any atom is 0.271 e. The summed E-state index contributed by atoms with van der Waals surface area (Å²) in [6.45, 7) is 0.837. The van der Waals surface area contributed by atoms with E-state index in [2.05, 4.69) is 10.3 Å². The lowest BCUT2D eigenvalue weighted by Crippen LogP contribution is -2.28. The molecule has 15 heavy (non-hydrogen) atoms. The van der Waals surface area contributed by atoms with Gasteiger partial charge in [-0.2, -0.15) is 0 Å². The lowest BCUT2D eigenvalue weighted by Gasteiger charge is -2.05. The molecule has 4 nitrogen and oxygen atoms in total. The first-order valence-corrected chi connectivity index (χ1v) is 5.00. The van der Waals surface area contributed by atoms with Crippen LogP contribution >= 0.6 is 23.2 Å². The predicted molar refractivity (Wildman–Crippen MR) is 58.5 cm³/mol. The van der Waals surface area contributed by atoms with Crippen LogP contribution in [0.4, 0.5) is 0 Å². The van der Waals surface area contributed by atoms with E-state index in [-0.39, 0.29) is 21.8 Å². The molecule has 1 amide bonds. The van der Waals surface area contributed by atoms with E-state index in [0.717, 1.165) is 0 Å². The second-order valence-corrected chi connectivity index (χ2v) is 3.51. The molecule has 0 unspecified atom stereocenters. The van der Waals surface area contributed by atoms with Crippen LogP contribution in [-0.2, 0) is 4.74 Å². The molecule has 1 N–H and O–H groups in total. The number of halogens is 2. The molecule has 0 radical (unpaired) electrons. The summed E-state index contributed by atoms with van der Waals surface area (Å²) in [5, 5.41) is 3.10. The predicted octanol–water partition coefficient (Wildman–Crippen LogP) is 1.76. The molecule has 1 aromatic rings. The minimum Gasteiger partial charge on any atom is -0.383 e. The molecule has 0 aliphatic heterocycles. The molecule has 0 fully saturated rings. The summed E-state index contributed by atoms with van der Waals surface area (Å²) in [5.41, 5.74) is 0.125. The highest BCUT2D eigenvalue weighted by atomic mass is 35.5. The number of nitrogens with zero attached hydrogens (tertiary/aromatic N) is 1. The first kappa shape index (κ1) is 12.2. The van der Waals surface area contributed by atoms with Crippen LogP contribution in [0.15, 0.2) is 12.1 Å². The second kappa shape index (κ2) is 5.90. The third kappa shape index (κ3) is 3.66. The molecule has 0 saturated carbocycles. The van der Waals surface area contributed by atoms with Gasteiger partial charge in [0.05, 0.1) is 11.6 Å². The van der Waals surface area contributed by atoms with Gasteiger partial charge in [-0.1, -0.05) is 23.2 Å². The first-order chi connectivity index (χ1) is 7.15. The van der Waals surface area contributed by atoms with Gasteiger partial charge in [0, 0.05) is 13.7 Å². The van der Waals surface area contributed by atoms with Crippen LogP contribution in [0, 0.1) is 0 Å². The summed E-state index contributed by atoms with van der Waals surface area (Å²) >= 11 is 11.4. The molecular weight excluding hydrogens is 239 g/mol. The van der Waals surface area contributed by atoms with E-state index in [4.69, 9.17) is 27.9 Å². The van der Waals surface area contributed by atoms with Gasteiger partial charge in [-0.25, -0.2) is 4.98 Å². The van der Waals surface area contributed by atoms with Crippen molar-refractivity contribution in [3.8, 4) is 0 Å². The van der Waals surface area contributed by atoms with Crippen molar-refractivity contribution in [2.24, 2.45) is 0 Å². The van der Waals surface area contributed by atoms with Crippen molar-refractivity contribution >= 4 is 29.1 Å². The summed E-state index contributed by atoms with van der Waals surface area (Å²) in [5.74, 6) is -0.362. The van der Waals surface area contributed by atoms with E-state index in [1.807, 2.05) is 0 Å². The number of carbonyl (C=O) groups is 1. The molecular formula is C9H10Cl2N2O2. The second-order valence-electron chi connectivity index (χ2n) is 2.71. The fourth-order valence-corrected chi connectivity index (χ4v) is 1.27. The summed E-state index contributed by atoms with van der Waals surface area (Å²) in [4.78, 5) is 15.4. The van der Waals surface area contributed by atoms with Crippen LogP contribution in [-0.4, -0.2) is 31.2 Å². The third-order valence-electron chi connectivity index (χ3n) is 1.62. The number of hydrogen-bond acceptors (Lipinski definition) is 3. The van der Waals surface area contributed by atoms with Crippen molar-refractivity contribution in [1.29, 1.82) is 0 Å². The highest BCUT2D eigenvalue weighted by molar-refractivity contribution is 6.34. The maximum atomic E-state index is 11.5. The third-order valence-corrected chi connectivity index (χ3v) is 2.13. The Morgan fingerprint density at radius 3 is 2.93 bits per heavy atom. The van der Waals surface area contributed by atoms with Crippen molar-refractivity contribution in [1.82, 2.24) is 10.3 Å². The summed E-state index contributed by atoms with van der Waals surface area (Å²) in [6.07, 6.45) is 0. The van der Waals surface area contributed by atoms with Crippen LogP contribution in [0.5, 0.6) is 0 Å². The summed E-state index contributed by atoms with van der Waals surface area (Å²) in [7, 11) is 1.55. The minimum atomic E-state index is -0.362. The Morgan fingerprint density at radius 1 is 1.53 bits per heavy atom. The summed E-state index contributed by atoms with van der Waals surface area (Å²) < 4.78 is 4.79. The zero-order valence-electron chi connectivity index (χ0n) is 8.09. The topological polar surface area (TPSA) is 51.2 Å². The van der Waals surface area contributed by atoms with Gasteiger partial charge in [-0.15, -0.1) is 0 Å². The summed E-state index contributed by atoms with van der Waals surface area (Å²) in [6, 6.07) is 3.05. The van der Waals surface area contributed by atoms with E-state index in [9.17, 15) is 4.79 Å². The quantitative estimate of drug-likeness (QED) is 0.653. The van der Waals surface area contributed by atoms with Crippen LogP contribution in [0.3, 0.4) is 0 Å². The van der Waals surface area contributed by atoms with Crippen LogP contribution in [0.25, 0.3) is 0 Å². The molecule has 0 aliphatic rings. The molecule has 6 heteroatoms. The highest BCUT2D eigenvalue weighted by Gasteiger charge is 2.11. The molecule has 0 aliphatic carbocycles. The number of amides is 1. The molecule has 1 aromatic heterocycles. The monoisotopic (exact) mass is 248 g/mol. The van der Waals surface area contributed by atoms with E-state index in [0.29, 0.717) is 13.2 Å². The number of carbonyl (C=O) groups excluding carboxylic acids is 1. The smallest absolute Gasteiger partial charge is 0.271 e. The van der Waals surface area contributed by atoms with Gasteiger partial charge in [0.2, 0.25) is 0 Å². The standard InChI is InChI=1S/C9H10Cl2N2O2/c1-15-5-4-12-9(14)8-6(10)2-3-7(11)13-8/h2-3H,4-5H2,1H3,(H,12,14). The Kier molecular flexibility index (Phi) is 4.81. The molecule has 1 rings (SSSR count). The Morgan fingerprint density at radius 2 is 2.27 bits per heavy atom. The Bertz CT molecular complexity index is 358. The minimum absolute atomic E-state index is 0.125. The van der Waals surface area contributed by atoms with Crippen molar-refractivity contribution in [3.05, 3.63) is 28.0 Å². The largest absolute Gasteiger partial charge is 0.383 e. The molecule has 0 aromatic carbocycles. The average molecular weight is 249 g/mol. The fraction of sp³-hybridized carbons (Fsp3) is 0.333. The molecule has 0 spiro atoms. The number of pyridine rings is 1. The van der Waals surface area contributed by atoms with Crippen molar-refractivity contribution in [2.75, 3.05) is 20.3 Å². The molecule has 0 saturated heterocycles. The van der Waals surface area contributed by atoms with Crippen LogP contribution in [0.2, 0.25) is 10.2 Å². The zero-order valence-corrected chi connectivity index (χ0v) is 9.60. The van der Waals surface area contributed by atoms with E-state index < -0.39 is 0 Å². The fourth-order valence-electron chi connectivity index (χ4n) is 0.928. The molecule has 0 atom stereocenters. The van der Waals surface area contributed by atoms with Gasteiger partial charge in [0.15, 0.2) is 0 Å². The average Bonchev–Trinajstić information content (AvgIpc) is 2.22.